The van der Waals surface area contributed by atoms with E-state index in [1.165, 1.54) is 23.3 Å². The maximum atomic E-state index is 13.6. The summed E-state index contributed by atoms with van der Waals surface area (Å²) in [7, 11) is 1.52. The van der Waals surface area contributed by atoms with Crippen LogP contribution in [0.1, 0.15) is 29.7 Å². The molecule has 40 heavy (non-hydrogen) atoms. The van der Waals surface area contributed by atoms with Crippen molar-refractivity contribution in [2.45, 2.75) is 19.9 Å². The third-order valence-electron chi connectivity index (χ3n) is 6.80. The highest BCUT2D eigenvalue weighted by molar-refractivity contribution is 7.22. The number of nitrogens with zero attached hydrogens (tertiary/aromatic N) is 2. The van der Waals surface area contributed by atoms with Gasteiger partial charge >= 0.3 is 5.91 Å². The van der Waals surface area contributed by atoms with Gasteiger partial charge in [0, 0.05) is 5.56 Å². The Kier molecular flexibility index (Phi) is 6.55. The smallest absolute Gasteiger partial charge is 0.301 e. The molecule has 0 bridgehead atoms. The minimum Gasteiger partial charge on any atom is -0.507 e. The molecule has 1 aromatic heterocycles. The molecule has 1 atom stereocenters. The number of Topliss-reactive ketones (excluding diaryl/α,β-unsaturated/α-hetero) is 1. The number of amides is 1. The topological polar surface area (TPSA) is 107 Å². The number of carbonyl (C=O) groups is 2. The number of aryl methyl sites for hydroxylation is 1. The second-order valence-electron chi connectivity index (χ2n) is 9.34. The van der Waals surface area contributed by atoms with Gasteiger partial charge in [0.05, 0.1) is 35.5 Å². The highest BCUT2D eigenvalue weighted by Crippen LogP contribution is 2.46. The average molecular weight is 559 g/mol. The lowest BCUT2D eigenvalue weighted by Gasteiger charge is -2.24. The third kappa shape index (κ3) is 4.30. The molecule has 0 spiro atoms. The molecule has 1 amide bonds. The van der Waals surface area contributed by atoms with Crippen molar-refractivity contribution in [1.29, 1.82) is 0 Å². The molecule has 4 aromatic rings. The zero-order valence-electron chi connectivity index (χ0n) is 22.1. The summed E-state index contributed by atoms with van der Waals surface area (Å²) in [5.41, 5.74) is 2.57. The normalized spacial score (nSPS) is 17.9. The first kappa shape index (κ1) is 25.7. The summed E-state index contributed by atoms with van der Waals surface area (Å²) in [4.78, 5) is 33.3. The summed E-state index contributed by atoms with van der Waals surface area (Å²) in [5.74, 6) is 0.0180. The van der Waals surface area contributed by atoms with Gasteiger partial charge in [0.25, 0.3) is 5.78 Å². The maximum Gasteiger partial charge on any atom is 0.301 e. The lowest BCUT2D eigenvalue weighted by Crippen LogP contribution is -2.29. The number of rotatable bonds is 6. The number of aliphatic hydroxyl groups is 1. The van der Waals surface area contributed by atoms with Gasteiger partial charge in [-0.1, -0.05) is 23.5 Å². The molecule has 1 saturated heterocycles. The molecule has 0 aliphatic carbocycles. The SMILES string of the molecule is CCOc1ccc([C@H]2/C(=C(\O)c3ccc4c(c3)OCCO4)C(=O)C(=O)N2c2nc3ccc(C)cc3s2)cc1OC. The van der Waals surface area contributed by atoms with Gasteiger partial charge < -0.3 is 24.1 Å². The number of thiazole rings is 1. The first-order valence-corrected chi connectivity index (χ1v) is 13.6. The van der Waals surface area contributed by atoms with Gasteiger partial charge in [0.15, 0.2) is 28.1 Å². The van der Waals surface area contributed by atoms with Crippen LogP contribution in [0.2, 0.25) is 0 Å². The van der Waals surface area contributed by atoms with Gasteiger partial charge in [-0.25, -0.2) is 4.98 Å². The summed E-state index contributed by atoms with van der Waals surface area (Å²) in [5, 5.41) is 11.9. The van der Waals surface area contributed by atoms with Crippen LogP contribution < -0.4 is 23.8 Å². The van der Waals surface area contributed by atoms with Gasteiger partial charge in [-0.15, -0.1) is 0 Å². The third-order valence-corrected chi connectivity index (χ3v) is 7.82. The fourth-order valence-corrected chi connectivity index (χ4v) is 6.03. The van der Waals surface area contributed by atoms with Crippen LogP contribution in [0.3, 0.4) is 0 Å². The Bertz CT molecular complexity index is 1690. The second kappa shape index (κ2) is 10.2. The summed E-state index contributed by atoms with van der Waals surface area (Å²) < 4.78 is 23.4. The van der Waals surface area contributed by atoms with E-state index in [0.717, 1.165) is 10.3 Å². The Balaban J connectivity index is 1.55. The summed E-state index contributed by atoms with van der Waals surface area (Å²) in [6.45, 7) is 5.06. The van der Waals surface area contributed by atoms with E-state index in [1.807, 2.05) is 32.0 Å². The number of hydrogen-bond donors (Lipinski definition) is 1. The van der Waals surface area contributed by atoms with Crippen LogP contribution in [0, 0.1) is 6.92 Å². The van der Waals surface area contributed by atoms with Crippen molar-refractivity contribution in [2.24, 2.45) is 0 Å². The molecule has 2 aliphatic rings. The van der Waals surface area contributed by atoms with Crippen LogP contribution in [-0.2, 0) is 9.59 Å². The van der Waals surface area contributed by atoms with Crippen molar-refractivity contribution >= 4 is 44.1 Å². The van der Waals surface area contributed by atoms with E-state index in [9.17, 15) is 14.7 Å². The molecule has 1 N–H and O–H groups in total. The lowest BCUT2D eigenvalue weighted by atomic mass is 9.95. The van der Waals surface area contributed by atoms with E-state index < -0.39 is 17.7 Å². The molecule has 0 unspecified atom stereocenters. The van der Waals surface area contributed by atoms with Crippen LogP contribution in [0.5, 0.6) is 23.0 Å². The first-order valence-electron chi connectivity index (χ1n) is 12.8. The number of benzene rings is 3. The standard InChI is InChI=1S/C30H26N2O7S/c1-4-37-20-9-6-17(14-22(20)36-3)26-25(27(33)18-7-10-21-23(15-18)39-12-11-38-21)28(34)29(35)32(26)30-31-19-8-5-16(2)13-24(19)40-30/h5-10,13-15,26,33H,4,11-12H2,1-3H3/b27-25+/t26-/m0/s1. The Morgan fingerprint density at radius 1 is 1.05 bits per heavy atom. The summed E-state index contributed by atoms with van der Waals surface area (Å²) >= 11 is 1.31. The molecule has 1 fully saturated rings. The number of methoxy groups -OCH3 is 1. The van der Waals surface area contributed by atoms with Crippen molar-refractivity contribution in [1.82, 2.24) is 4.98 Å². The van der Waals surface area contributed by atoms with E-state index in [1.54, 1.807) is 36.4 Å². The number of fused-ring (bicyclic) bond motifs is 2. The van der Waals surface area contributed by atoms with Crippen LogP contribution in [0.25, 0.3) is 16.0 Å². The maximum absolute atomic E-state index is 13.6. The van der Waals surface area contributed by atoms with Crippen LogP contribution >= 0.6 is 11.3 Å². The zero-order chi connectivity index (χ0) is 28.0. The Morgan fingerprint density at radius 2 is 1.85 bits per heavy atom. The molecule has 2 aliphatic heterocycles. The van der Waals surface area contributed by atoms with Crippen LogP contribution in [0.15, 0.2) is 60.2 Å². The first-order chi connectivity index (χ1) is 19.4. The van der Waals surface area contributed by atoms with Gasteiger partial charge in [0.2, 0.25) is 0 Å². The van der Waals surface area contributed by atoms with Crippen molar-refractivity contribution in [3.05, 3.63) is 76.9 Å². The fourth-order valence-electron chi connectivity index (χ4n) is 4.94. The van der Waals surface area contributed by atoms with Gasteiger partial charge in [-0.2, -0.15) is 0 Å². The number of carbonyl (C=O) groups excluding carboxylic acids is 2. The molecular formula is C30H26N2O7S. The number of ether oxygens (including phenoxy) is 4. The molecular weight excluding hydrogens is 532 g/mol. The molecule has 0 radical (unpaired) electrons. The zero-order valence-corrected chi connectivity index (χ0v) is 22.9. The van der Waals surface area contributed by atoms with Crippen molar-refractivity contribution in [2.75, 3.05) is 31.8 Å². The molecule has 3 heterocycles. The quantitative estimate of drug-likeness (QED) is 0.190. The molecule has 204 valence electrons. The van der Waals surface area contributed by atoms with Gasteiger partial charge in [-0.05, 0) is 67.4 Å². The molecule has 9 nitrogen and oxygen atoms in total. The highest BCUT2D eigenvalue weighted by Gasteiger charge is 2.48. The van der Waals surface area contributed by atoms with Crippen molar-refractivity contribution in [3.63, 3.8) is 0 Å². The largest absolute Gasteiger partial charge is 0.507 e. The molecule has 6 rings (SSSR count). The number of aromatic nitrogens is 1. The minimum atomic E-state index is -0.973. The highest BCUT2D eigenvalue weighted by atomic mass is 32.1. The van der Waals surface area contributed by atoms with Crippen LogP contribution in [-0.4, -0.2) is 48.7 Å². The van der Waals surface area contributed by atoms with Crippen molar-refractivity contribution < 1.29 is 33.6 Å². The fraction of sp³-hybridized carbons (Fsp3) is 0.233. The number of ketones is 1. The lowest BCUT2D eigenvalue weighted by molar-refractivity contribution is -0.132. The summed E-state index contributed by atoms with van der Waals surface area (Å²) in [6, 6.07) is 14.9. The monoisotopic (exact) mass is 558 g/mol. The predicted octanol–water partition coefficient (Wildman–Crippen LogP) is 5.41. The van der Waals surface area contributed by atoms with E-state index in [2.05, 4.69) is 4.98 Å². The second-order valence-corrected chi connectivity index (χ2v) is 10.3. The number of hydrogen-bond acceptors (Lipinski definition) is 9. The van der Waals surface area contributed by atoms with Crippen LogP contribution in [0.4, 0.5) is 5.13 Å². The predicted molar refractivity (Wildman–Crippen MR) is 151 cm³/mol. The van der Waals surface area contributed by atoms with Gasteiger partial charge in [0.1, 0.15) is 19.0 Å². The Morgan fingerprint density at radius 3 is 2.62 bits per heavy atom. The van der Waals surface area contributed by atoms with E-state index in [-0.39, 0.29) is 11.3 Å². The number of anilines is 1. The van der Waals surface area contributed by atoms with E-state index in [4.69, 9.17) is 18.9 Å². The van der Waals surface area contributed by atoms with E-state index >= 15 is 0 Å². The van der Waals surface area contributed by atoms with E-state index in [0.29, 0.717) is 64.6 Å². The minimum absolute atomic E-state index is 0.0664. The number of aliphatic hydroxyl groups excluding tert-OH is 1. The molecule has 10 heteroatoms. The Hall–Kier alpha value is -4.57. The average Bonchev–Trinajstić information content (AvgIpc) is 3.50. The van der Waals surface area contributed by atoms with Crippen molar-refractivity contribution in [3.8, 4) is 23.0 Å². The molecule has 0 saturated carbocycles. The Labute approximate surface area is 234 Å². The summed E-state index contributed by atoms with van der Waals surface area (Å²) in [6.07, 6.45) is 0. The van der Waals surface area contributed by atoms with Gasteiger partial charge in [-0.3, -0.25) is 14.5 Å². The molecule has 3 aromatic carbocycles.